The van der Waals surface area contributed by atoms with Crippen LogP contribution in [0.2, 0.25) is 5.02 Å². The molecule has 0 bridgehead atoms. The number of hydrogen-bond donors (Lipinski definition) is 1. The Morgan fingerprint density at radius 1 is 1.07 bits per heavy atom. The van der Waals surface area contributed by atoms with Gasteiger partial charge in [-0.1, -0.05) is 35.9 Å². The first-order valence-electron chi connectivity index (χ1n) is 7.98. The van der Waals surface area contributed by atoms with E-state index in [9.17, 15) is 19.3 Å². The Morgan fingerprint density at radius 3 is 2.52 bits per heavy atom. The number of nitro benzene ring substituents is 1. The second-order valence-corrected chi connectivity index (χ2v) is 6.24. The van der Waals surface area contributed by atoms with Gasteiger partial charge in [0.15, 0.2) is 5.78 Å². The summed E-state index contributed by atoms with van der Waals surface area (Å²) in [7, 11) is 0. The van der Waals surface area contributed by atoms with Crippen molar-refractivity contribution in [1.29, 1.82) is 0 Å². The molecule has 0 radical (unpaired) electrons. The van der Waals surface area contributed by atoms with Crippen molar-refractivity contribution in [1.82, 2.24) is 0 Å². The van der Waals surface area contributed by atoms with Gasteiger partial charge in [0.2, 0.25) is 0 Å². The van der Waals surface area contributed by atoms with Crippen LogP contribution in [-0.2, 0) is 0 Å². The van der Waals surface area contributed by atoms with Crippen molar-refractivity contribution < 1.29 is 14.1 Å². The summed E-state index contributed by atoms with van der Waals surface area (Å²) in [5, 5.41) is 14.2. The molecular formula is C20H14ClFN2O3. The van der Waals surface area contributed by atoms with Gasteiger partial charge in [-0.05, 0) is 42.8 Å². The van der Waals surface area contributed by atoms with Gasteiger partial charge in [0.05, 0.1) is 9.95 Å². The molecule has 0 aromatic heterocycles. The summed E-state index contributed by atoms with van der Waals surface area (Å²) in [5.41, 5.74) is 1.42. The first kappa shape index (κ1) is 18.5. The van der Waals surface area contributed by atoms with Gasteiger partial charge in [0, 0.05) is 22.9 Å². The van der Waals surface area contributed by atoms with E-state index in [1.165, 1.54) is 43.3 Å². The predicted molar refractivity (Wildman–Crippen MR) is 102 cm³/mol. The monoisotopic (exact) mass is 384 g/mol. The van der Waals surface area contributed by atoms with Crippen molar-refractivity contribution in [2.45, 2.75) is 6.92 Å². The average Bonchev–Trinajstić information content (AvgIpc) is 2.64. The van der Waals surface area contributed by atoms with E-state index in [1.807, 2.05) is 0 Å². The zero-order chi connectivity index (χ0) is 19.6. The maximum Gasteiger partial charge on any atom is 0.292 e. The zero-order valence-corrected chi connectivity index (χ0v) is 15.0. The van der Waals surface area contributed by atoms with Crippen molar-refractivity contribution in [3.05, 3.63) is 98.3 Å². The van der Waals surface area contributed by atoms with E-state index in [1.54, 1.807) is 24.3 Å². The Morgan fingerprint density at radius 2 is 1.81 bits per heavy atom. The number of nitrogens with zero attached hydrogens (tertiary/aromatic N) is 1. The molecule has 0 spiro atoms. The highest BCUT2D eigenvalue weighted by Crippen LogP contribution is 2.30. The molecule has 1 N–H and O–H groups in total. The number of carbonyl (C=O) groups is 1. The smallest absolute Gasteiger partial charge is 0.292 e. The fraction of sp³-hybridized carbons (Fsp3) is 0.0500. The molecule has 0 amide bonds. The van der Waals surface area contributed by atoms with Gasteiger partial charge in [-0.3, -0.25) is 14.9 Å². The van der Waals surface area contributed by atoms with Crippen LogP contribution in [-0.4, -0.2) is 10.7 Å². The number of carbonyl (C=O) groups excluding carboxylic acids is 1. The predicted octanol–water partition coefficient (Wildman–Crippen LogP) is 5.67. The van der Waals surface area contributed by atoms with Crippen molar-refractivity contribution in [3.63, 3.8) is 0 Å². The maximum atomic E-state index is 13.7. The minimum atomic E-state index is -0.492. The topological polar surface area (TPSA) is 72.2 Å². The highest BCUT2D eigenvalue weighted by atomic mass is 35.5. The minimum Gasteiger partial charge on any atom is -0.350 e. The number of rotatable bonds is 5. The summed E-state index contributed by atoms with van der Waals surface area (Å²) < 4.78 is 13.7. The molecule has 0 aliphatic carbocycles. The number of para-hydroxylation sites is 2. The number of nitro groups is 1. The molecule has 0 saturated carbocycles. The van der Waals surface area contributed by atoms with Crippen molar-refractivity contribution >= 4 is 34.4 Å². The van der Waals surface area contributed by atoms with E-state index in [0.717, 1.165) is 0 Å². The van der Waals surface area contributed by atoms with E-state index in [0.29, 0.717) is 11.4 Å². The van der Waals surface area contributed by atoms with Gasteiger partial charge in [0.25, 0.3) is 5.69 Å². The summed E-state index contributed by atoms with van der Waals surface area (Å²) in [5.74, 6) is -0.860. The Kier molecular flexibility index (Phi) is 5.19. The fourth-order valence-corrected chi connectivity index (χ4v) is 2.94. The third kappa shape index (κ3) is 3.80. The van der Waals surface area contributed by atoms with E-state index in [-0.39, 0.29) is 27.4 Å². The van der Waals surface area contributed by atoms with Crippen molar-refractivity contribution in [2.24, 2.45) is 0 Å². The molecule has 27 heavy (non-hydrogen) atoms. The van der Waals surface area contributed by atoms with Gasteiger partial charge in [-0.2, -0.15) is 0 Å². The van der Waals surface area contributed by atoms with E-state index >= 15 is 0 Å². The third-order valence-electron chi connectivity index (χ3n) is 4.11. The molecular weight excluding hydrogens is 371 g/mol. The lowest BCUT2D eigenvalue weighted by atomic mass is 9.98. The number of hydrogen-bond acceptors (Lipinski definition) is 4. The molecule has 0 saturated heterocycles. The lowest BCUT2D eigenvalue weighted by Gasteiger charge is -2.11. The SMILES string of the molecule is Cc1c(F)cccc1C(=O)c1ccc(Nc2ccccc2[N+](=O)[O-])cc1Cl. The number of anilines is 2. The fourth-order valence-electron chi connectivity index (χ4n) is 2.67. The molecule has 5 nitrogen and oxygen atoms in total. The molecule has 136 valence electrons. The number of ketones is 1. The van der Waals surface area contributed by atoms with Crippen LogP contribution >= 0.6 is 11.6 Å². The largest absolute Gasteiger partial charge is 0.350 e. The average molecular weight is 385 g/mol. The summed E-state index contributed by atoms with van der Waals surface area (Å²) in [6.07, 6.45) is 0. The molecule has 0 aliphatic heterocycles. The summed E-state index contributed by atoms with van der Waals surface area (Å²) in [6, 6.07) is 15.1. The van der Waals surface area contributed by atoms with Gasteiger partial charge < -0.3 is 5.32 Å². The van der Waals surface area contributed by atoms with Crippen molar-refractivity contribution in [3.8, 4) is 0 Å². The molecule has 3 aromatic rings. The van der Waals surface area contributed by atoms with Crippen LogP contribution in [0.1, 0.15) is 21.5 Å². The van der Waals surface area contributed by atoms with E-state index < -0.39 is 16.5 Å². The molecule has 3 aromatic carbocycles. The lowest BCUT2D eigenvalue weighted by Crippen LogP contribution is -2.06. The highest BCUT2D eigenvalue weighted by molar-refractivity contribution is 6.35. The van der Waals surface area contributed by atoms with Crippen LogP contribution in [0.3, 0.4) is 0 Å². The Balaban J connectivity index is 1.92. The summed E-state index contributed by atoms with van der Waals surface area (Å²) in [6.45, 7) is 1.53. The summed E-state index contributed by atoms with van der Waals surface area (Å²) >= 11 is 6.25. The molecule has 0 aliphatic rings. The van der Waals surface area contributed by atoms with Crippen LogP contribution in [0.4, 0.5) is 21.5 Å². The van der Waals surface area contributed by atoms with Gasteiger partial charge >= 0.3 is 0 Å². The number of halogens is 2. The molecule has 0 heterocycles. The standard InChI is InChI=1S/C20H14ClFN2O3/c1-12-14(5-4-6-17(12)22)20(25)15-10-9-13(11-16(15)21)23-18-7-2-3-8-19(18)24(26)27/h2-11,23H,1H3. The Hall–Kier alpha value is -3.25. The molecule has 3 rings (SSSR count). The number of benzene rings is 3. The van der Waals surface area contributed by atoms with Gasteiger partial charge in [-0.15, -0.1) is 0 Å². The Labute approximate surface area is 159 Å². The van der Waals surface area contributed by atoms with Crippen LogP contribution in [0.15, 0.2) is 60.7 Å². The maximum absolute atomic E-state index is 13.7. The molecule has 7 heteroatoms. The zero-order valence-electron chi connectivity index (χ0n) is 14.2. The van der Waals surface area contributed by atoms with Gasteiger partial charge in [-0.25, -0.2) is 4.39 Å². The van der Waals surface area contributed by atoms with E-state index in [4.69, 9.17) is 11.6 Å². The van der Waals surface area contributed by atoms with Crippen LogP contribution in [0.5, 0.6) is 0 Å². The van der Waals surface area contributed by atoms with Crippen LogP contribution < -0.4 is 5.32 Å². The van der Waals surface area contributed by atoms with E-state index in [2.05, 4.69) is 5.32 Å². The van der Waals surface area contributed by atoms with Gasteiger partial charge in [0.1, 0.15) is 11.5 Å². The third-order valence-corrected chi connectivity index (χ3v) is 4.42. The molecule has 0 atom stereocenters. The molecule has 0 fully saturated rings. The Bertz CT molecular complexity index is 1050. The van der Waals surface area contributed by atoms with Crippen molar-refractivity contribution in [2.75, 3.05) is 5.32 Å². The second kappa shape index (κ2) is 7.55. The van der Waals surface area contributed by atoms with Crippen LogP contribution in [0.25, 0.3) is 0 Å². The second-order valence-electron chi connectivity index (χ2n) is 5.84. The minimum absolute atomic E-state index is 0.0795. The lowest BCUT2D eigenvalue weighted by molar-refractivity contribution is -0.383. The number of nitrogens with one attached hydrogen (secondary N) is 1. The first-order valence-corrected chi connectivity index (χ1v) is 8.36. The summed E-state index contributed by atoms with van der Waals surface area (Å²) in [4.78, 5) is 23.3. The van der Waals surface area contributed by atoms with Crippen LogP contribution in [0, 0.1) is 22.9 Å². The first-order chi connectivity index (χ1) is 12.9. The molecule has 0 unspecified atom stereocenters. The highest BCUT2D eigenvalue weighted by Gasteiger charge is 2.18. The quantitative estimate of drug-likeness (QED) is 0.349. The normalized spacial score (nSPS) is 10.5.